The molecule has 0 saturated carbocycles. The van der Waals surface area contributed by atoms with Crippen LogP contribution in [0.5, 0.6) is 0 Å². The second-order valence-corrected chi connectivity index (χ2v) is 3.64. The number of rotatable bonds is 2. The predicted octanol–water partition coefficient (Wildman–Crippen LogP) is 2.96. The Morgan fingerprint density at radius 3 is 2.21 bits per heavy atom. The van der Waals surface area contributed by atoms with E-state index in [1.165, 1.54) is 12.1 Å². The standard InChI is InChI=1S/C14H8F2O3/c15-11-8-4-7-10(12(11)16)14(18)19-13(17)9-5-2-1-3-6-9/h1-8H. The molecule has 2 aromatic rings. The Hall–Kier alpha value is -2.56. The number of ether oxygens (including phenoxy) is 1. The molecular weight excluding hydrogens is 254 g/mol. The number of benzene rings is 2. The molecule has 0 unspecified atom stereocenters. The SMILES string of the molecule is O=C(OC(=O)c1cccc(F)c1F)c1ccccc1. The third-order valence-electron chi connectivity index (χ3n) is 2.37. The zero-order valence-corrected chi connectivity index (χ0v) is 9.60. The van der Waals surface area contributed by atoms with Gasteiger partial charge in [-0.05, 0) is 24.3 Å². The molecule has 0 saturated heterocycles. The van der Waals surface area contributed by atoms with Crippen molar-refractivity contribution in [2.75, 3.05) is 0 Å². The number of esters is 2. The molecule has 0 spiro atoms. The first-order valence-electron chi connectivity index (χ1n) is 5.35. The predicted molar refractivity (Wildman–Crippen MR) is 62.5 cm³/mol. The highest BCUT2D eigenvalue weighted by Gasteiger charge is 2.20. The molecule has 0 aliphatic heterocycles. The highest BCUT2D eigenvalue weighted by molar-refractivity contribution is 6.02. The lowest BCUT2D eigenvalue weighted by molar-refractivity contribution is 0.0394. The van der Waals surface area contributed by atoms with E-state index in [1.54, 1.807) is 18.2 Å². The van der Waals surface area contributed by atoms with Crippen molar-refractivity contribution >= 4 is 11.9 Å². The van der Waals surface area contributed by atoms with Crippen molar-refractivity contribution in [1.29, 1.82) is 0 Å². The van der Waals surface area contributed by atoms with Crippen LogP contribution in [0.25, 0.3) is 0 Å². The molecule has 0 fully saturated rings. The maximum Gasteiger partial charge on any atom is 0.349 e. The number of hydrogen-bond donors (Lipinski definition) is 0. The Bertz CT molecular complexity index is 624. The van der Waals surface area contributed by atoms with Crippen LogP contribution in [0.1, 0.15) is 20.7 Å². The molecule has 2 aromatic carbocycles. The van der Waals surface area contributed by atoms with Gasteiger partial charge in [-0.25, -0.2) is 18.4 Å². The monoisotopic (exact) mass is 262 g/mol. The van der Waals surface area contributed by atoms with Crippen LogP contribution in [0.4, 0.5) is 8.78 Å². The molecule has 96 valence electrons. The number of halogens is 2. The van der Waals surface area contributed by atoms with Gasteiger partial charge in [-0.15, -0.1) is 0 Å². The van der Waals surface area contributed by atoms with Crippen molar-refractivity contribution in [3.8, 4) is 0 Å². The molecule has 0 aliphatic carbocycles. The molecule has 0 bridgehead atoms. The van der Waals surface area contributed by atoms with Crippen molar-refractivity contribution in [1.82, 2.24) is 0 Å². The van der Waals surface area contributed by atoms with E-state index in [0.717, 1.165) is 18.2 Å². The third-order valence-corrected chi connectivity index (χ3v) is 2.37. The van der Waals surface area contributed by atoms with Gasteiger partial charge in [0.2, 0.25) is 0 Å². The lowest BCUT2D eigenvalue weighted by atomic mass is 10.2. The van der Waals surface area contributed by atoms with Crippen LogP contribution in [0.2, 0.25) is 0 Å². The summed E-state index contributed by atoms with van der Waals surface area (Å²) < 4.78 is 30.7. The topological polar surface area (TPSA) is 43.4 Å². The summed E-state index contributed by atoms with van der Waals surface area (Å²) in [5.74, 6) is -4.67. The quantitative estimate of drug-likeness (QED) is 0.617. The molecule has 3 nitrogen and oxygen atoms in total. The minimum Gasteiger partial charge on any atom is -0.386 e. The van der Waals surface area contributed by atoms with E-state index in [4.69, 9.17) is 0 Å². The second-order valence-electron chi connectivity index (χ2n) is 3.64. The molecule has 0 aliphatic rings. The molecule has 0 aromatic heterocycles. The van der Waals surface area contributed by atoms with Crippen LogP contribution >= 0.6 is 0 Å². The third kappa shape index (κ3) is 2.82. The Morgan fingerprint density at radius 1 is 0.842 bits per heavy atom. The first-order valence-corrected chi connectivity index (χ1v) is 5.35. The van der Waals surface area contributed by atoms with Gasteiger partial charge in [0.1, 0.15) is 0 Å². The maximum absolute atomic E-state index is 13.3. The van der Waals surface area contributed by atoms with Gasteiger partial charge in [0.25, 0.3) is 0 Å². The van der Waals surface area contributed by atoms with E-state index in [9.17, 15) is 18.4 Å². The lowest BCUT2D eigenvalue weighted by Gasteiger charge is -2.04. The molecule has 0 atom stereocenters. The number of carbonyl (C=O) groups excluding carboxylic acids is 2. The summed E-state index contributed by atoms with van der Waals surface area (Å²) in [6.45, 7) is 0. The van der Waals surface area contributed by atoms with E-state index in [0.29, 0.717) is 0 Å². The van der Waals surface area contributed by atoms with Gasteiger partial charge in [0, 0.05) is 0 Å². The van der Waals surface area contributed by atoms with Crippen LogP contribution in [0.3, 0.4) is 0 Å². The Balaban J connectivity index is 2.18. The molecule has 0 amide bonds. The van der Waals surface area contributed by atoms with Gasteiger partial charge in [0.05, 0.1) is 11.1 Å². The zero-order valence-electron chi connectivity index (χ0n) is 9.60. The fourth-order valence-corrected chi connectivity index (χ4v) is 1.43. The van der Waals surface area contributed by atoms with Gasteiger partial charge >= 0.3 is 11.9 Å². The normalized spacial score (nSPS) is 10.0. The smallest absolute Gasteiger partial charge is 0.349 e. The van der Waals surface area contributed by atoms with Gasteiger partial charge in [-0.1, -0.05) is 24.3 Å². The van der Waals surface area contributed by atoms with Crippen molar-refractivity contribution in [3.05, 3.63) is 71.3 Å². The summed E-state index contributed by atoms with van der Waals surface area (Å²) in [5, 5.41) is 0. The summed E-state index contributed by atoms with van der Waals surface area (Å²) in [6.07, 6.45) is 0. The average molecular weight is 262 g/mol. The van der Waals surface area contributed by atoms with Crippen LogP contribution in [0.15, 0.2) is 48.5 Å². The summed E-state index contributed by atoms with van der Waals surface area (Å²) in [5.41, 5.74) is -0.475. The first-order chi connectivity index (χ1) is 9.09. The van der Waals surface area contributed by atoms with Gasteiger partial charge in [0.15, 0.2) is 11.6 Å². The van der Waals surface area contributed by atoms with Crippen molar-refractivity contribution in [3.63, 3.8) is 0 Å². The highest BCUT2D eigenvalue weighted by Crippen LogP contribution is 2.13. The van der Waals surface area contributed by atoms with Crippen molar-refractivity contribution < 1.29 is 23.1 Å². The molecular formula is C14H8F2O3. The maximum atomic E-state index is 13.3. The largest absolute Gasteiger partial charge is 0.386 e. The van der Waals surface area contributed by atoms with Gasteiger partial charge in [-0.2, -0.15) is 0 Å². The van der Waals surface area contributed by atoms with Crippen LogP contribution in [-0.2, 0) is 4.74 Å². The Labute approximate surface area is 107 Å². The summed E-state index contributed by atoms with van der Waals surface area (Å²) in [7, 11) is 0. The number of carbonyl (C=O) groups is 2. The molecule has 5 heteroatoms. The van der Waals surface area contributed by atoms with E-state index < -0.39 is 29.1 Å². The van der Waals surface area contributed by atoms with Gasteiger partial charge < -0.3 is 4.74 Å². The fourth-order valence-electron chi connectivity index (χ4n) is 1.43. The zero-order chi connectivity index (χ0) is 13.8. The summed E-state index contributed by atoms with van der Waals surface area (Å²) in [4.78, 5) is 23.1. The minimum absolute atomic E-state index is 0.146. The van der Waals surface area contributed by atoms with Crippen molar-refractivity contribution in [2.24, 2.45) is 0 Å². The van der Waals surface area contributed by atoms with E-state index in [1.807, 2.05) is 0 Å². The average Bonchev–Trinajstić information content (AvgIpc) is 2.42. The molecule has 0 heterocycles. The molecule has 0 N–H and O–H groups in total. The van der Waals surface area contributed by atoms with E-state index >= 15 is 0 Å². The van der Waals surface area contributed by atoms with Crippen molar-refractivity contribution in [2.45, 2.75) is 0 Å². The number of hydrogen-bond acceptors (Lipinski definition) is 3. The van der Waals surface area contributed by atoms with E-state index in [-0.39, 0.29) is 5.56 Å². The fraction of sp³-hybridized carbons (Fsp3) is 0. The molecule has 19 heavy (non-hydrogen) atoms. The minimum atomic E-state index is -1.34. The Kier molecular flexibility index (Phi) is 3.66. The first kappa shape index (κ1) is 12.9. The van der Waals surface area contributed by atoms with Crippen LogP contribution < -0.4 is 0 Å². The summed E-state index contributed by atoms with van der Waals surface area (Å²) in [6, 6.07) is 10.8. The summed E-state index contributed by atoms with van der Waals surface area (Å²) >= 11 is 0. The van der Waals surface area contributed by atoms with Crippen LogP contribution in [-0.4, -0.2) is 11.9 Å². The lowest BCUT2D eigenvalue weighted by Crippen LogP contribution is -2.14. The highest BCUT2D eigenvalue weighted by atomic mass is 19.2. The van der Waals surface area contributed by atoms with Gasteiger partial charge in [-0.3, -0.25) is 0 Å². The Morgan fingerprint density at radius 2 is 1.53 bits per heavy atom. The second kappa shape index (κ2) is 5.39. The van der Waals surface area contributed by atoms with Crippen LogP contribution in [0, 0.1) is 11.6 Å². The molecule has 2 rings (SSSR count). The van der Waals surface area contributed by atoms with E-state index in [2.05, 4.69) is 4.74 Å². The molecule has 0 radical (unpaired) electrons.